The van der Waals surface area contributed by atoms with Gasteiger partial charge in [-0.2, -0.15) is 0 Å². The summed E-state index contributed by atoms with van der Waals surface area (Å²) in [5, 5.41) is 2.92. The van der Waals surface area contributed by atoms with Crippen LogP contribution in [0.1, 0.15) is 12.0 Å². The van der Waals surface area contributed by atoms with E-state index in [0.29, 0.717) is 6.42 Å². The quantitative estimate of drug-likeness (QED) is 0.857. The smallest absolute Gasteiger partial charge is 0.162 e. The van der Waals surface area contributed by atoms with Gasteiger partial charge < -0.3 is 5.32 Å². The second kappa shape index (κ2) is 6.24. The molecule has 0 aliphatic heterocycles. The lowest BCUT2D eigenvalue weighted by molar-refractivity contribution is 0.478. The summed E-state index contributed by atoms with van der Waals surface area (Å²) in [6, 6.07) is 3.81. The summed E-state index contributed by atoms with van der Waals surface area (Å²) >= 11 is 0. The second-order valence-corrected chi connectivity index (χ2v) is 6.58. The monoisotopic (exact) mass is 277 g/mol. The minimum Gasteiger partial charge on any atom is -0.317 e. The molecule has 0 radical (unpaired) electrons. The Morgan fingerprint density at radius 1 is 1.33 bits per heavy atom. The first kappa shape index (κ1) is 15.0. The van der Waals surface area contributed by atoms with Crippen molar-refractivity contribution >= 4 is 9.84 Å². The second-order valence-electron chi connectivity index (χ2n) is 4.32. The molecule has 0 saturated heterocycles. The average Bonchev–Trinajstić information content (AvgIpc) is 2.28. The Kier molecular flexibility index (Phi) is 5.22. The zero-order chi connectivity index (χ0) is 13.8. The molecule has 0 spiro atoms. The minimum atomic E-state index is -3.05. The third-order valence-corrected chi connectivity index (χ3v) is 3.72. The van der Waals surface area contributed by atoms with Gasteiger partial charge in [-0.25, -0.2) is 17.2 Å². The molecule has 0 aliphatic rings. The highest BCUT2D eigenvalue weighted by atomic mass is 32.2. The molecule has 3 nitrogen and oxygen atoms in total. The summed E-state index contributed by atoms with van der Waals surface area (Å²) in [4.78, 5) is 0. The molecule has 0 aliphatic carbocycles. The lowest BCUT2D eigenvalue weighted by Crippen LogP contribution is -2.30. The van der Waals surface area contributed by atoms with Crippen LogP contribution in [0.2, 0.25) is 0 Å². The number of rotatable bonds is 6. The van der Waals surface area contributed by atoms with Gasteiger partial charge in [0.15, 0.2) is 11.6 Å². The molecule has 0 heterocycles. The molecule has 1 aromatic carbocycles. The van der Waals surface area contributed by atoms with Crippen LogP contribution >= 0.6 is 0 Å². The maximum Gasteiger partial charge on any atom is 0.162 e. The standard InChI is InChI=1S/C12H17F2NO2S/c1-15-10(6-7-18(2,16)17)8-9-4-3-5-11(13)12(9)14/h3-5,10,15H,6-8H2,1-2H3. The Hall–Kier alpha value is -1.01. The number of sulfone groups is 1. The lowest BCUT2D eigenvalue weighted by atomic mass is 10.0. The number of halogens is 2. The van der Waals surface area contributed by atoms with Crippen LogP contribution in [0.25, 0.3) is 0 Å². The molecule has 102 valence electrons. The van der Waals surface area contributed by atoms with Crippen molar-refractivity contribution in [2.24, 2.45) is 0 Å². The van der Waals surface area contributed by atoms with E-state index in [1.54, 1.807) is 7.05 Å². The van der Waals surface area contributed by atoms with Gasteiger partial charge in [0.25, 0.3) is 0 Å². The largest absolute Gasteiger partial charge is 0.317 e. The van der Waals surface area contributed by atoms with Gasteiger partial charge in [0.1, 0.15) is 9.84 Å². The molecule has 1 unspecified atom stereocenters. The maximum atomic E-state index is 13.5. The van der Waals surface area contributed by atoms with Gasteiger partial charge in [-0.15, -0.1) is 0 Å². The Labute approximate surface area is 106 Å². The minimum absolute atomic E-state index is 0.0233. The Balaban J connectivity index is 2.71. The average molecular weight is 277 g/mol. The van der Waals surface area contributed by atoms with Crippen molar-refractivity contribution in [3.05, 3.63) is 35.4 Å². The molecular formula is C12H17F2NO2S. The van der Waals surface area contributed by atoms with Gasteiger partial charge in [0.2, 0.25) is 0 Å². The fourth-order valence-electron chi connectivity index (χ4n) is 1.68. The molecule has 0 aromatic heterocycles. The van der Waals surface area contributed by atoms with Gasteiger partial charge in [0.05, 0.1) is 5.75 Å². The first-order valence-corrected chi connectivity index (χ1v) is 7.67. The molecule has 6 heteroatoms. The van der Waals surface area contributed by atoms with Crippen LogP contribution in [0.5, 0.6) is 0 Å². The van der Waals surface area contributed by atoms with Gasteiger partial charge in [-0.1, -0.05) is 12.1 Å². The van der Waals surface area contributed by atoms with Crippen molar-refractivity contribution in [2.75, 3.05) is 19.1 Å². The van der Waals surface area contributed by atoms with Crippen molar-refractivity contribution in [3.8, 4) is 0 Å². The first-order chi connectivity index (χ1) is 8.33. The molecule has 0 bridgehead atoms. The third kappa shape index (κ3) is 4.70. The molecule has 18 heavy (non-hydrogen) atoms. The molecule has 1 N–H and O–H groups in total. The number of hydrogen-bond donors (Lipinski definition) is 1. The SMILES string of the molecule is CNC(CCS(C)(=O)=O)Cc1cccc(F)c1F. The van der Waals surface area contributed by atoms with E-state index in [9.17, 15) is 17.2 Å². The normalized spacial score (nSPS) is 13.6. The summed E-state index contributed by atoms with van der Waals surface area (Å²) in [5.41, 5.74) is 0.253. The summed E-state index contributed by atoms with van der Waals surface area (Å²) in [5.74, 6) is -1.72. The first-order valence-electron chi connectivity index (χ1n) is 5.61. The van der Waals surface area contributed by atoms with Crippen molar-refractivity contribution in [3.63, 3.8) is 0 Å². The molecule has 1 rings (SSSR count). The predicted octanol–water partition coefficient (Wildman–Crippen LogP) is 1.53. The Bertz CT molecular complexity index is 503. The van der Waals surface area contributed by atoms with Crippen LogP contribution in [0, 0.1) is 11.6 Å². The topological polar surface area (TPSA) is 46.2 Å². The van der Waals surface area contributed by atoms with Gasteiger partial charge in [0, 0.05) is 12.3 Å². The molecule has 0 amide bonds. The number of hydrogen-bond acceptors (Lipinski definition) is 3. The van der Waals surface area contributed by atoms with Crippen LogP contribution in [-0.2, 0) is 16.3 Å². The zero-order valence-corrected chi connectivity index (χ0v) is 11.2. The van der Waals surface area contributed by atoms with Crippen LogP contribution in [0.15, 0.2) is 18.2 Å². The van der Waals surface area contributed by atoms with E-state index in [4.69, 9.17) is 0 Å². The number of benzene rings is 1. The van der Waals surface area contributed by atoms with Crippen molar-refractivity contribution in [1.29, 1.82) is 0 Å². The van der Waals surface area contributed by atoms with Gasteiger partial charge in [-0.05, 0) is 31.5 Å². The summed E-state index contributed by atoms with van der Waals surface area (Å²) in [6.45, 7) is 0. The molecule has 1 aromatic rings. The highest BCUT2D eigenvalue weighted by Crippen LogP contribution is 2.14. The Morgan fingerprint density at radius 3 is 2.56 bits per heavy atom. The fraction of sp³-hybridized carbons (Fsp3) is 0.500. The van der Waals surface area contributed by atoms with Crippen LogP contribution in [-0.4, -0.2) is 33.5 Å². The highest BCUT2D eigenvalue weighted by Gasteiger charge is 2.15. The van der Waals surface area contributed by atoms with E-state index in [2.05, 4.69) is 5.32 Å². The van der Waals surface area contributed by atoms with E-state index < -0.39 is 21.5 Å². The van der Waals surface area contributed by atoms with E-state index in [1.807, 2.05) is 0 Å². The van der Waals surface area contributed by atoms with Crippen LogP contribution in [0.3, 0.4) is 0 Å². The van der Waals surface area contributed by atoms with Crippen molar-refractivity contribution < 1.29 is 17.2 Å². The Morgan fingerprint density at radius 2 is 2.00 bits per heavy atom. The molecule has 0 saturated carbocycles. The summed E-state index contributed by atoms with van der Waals surface area (Å²) in [6.07, 6.45) is 1.78. The number of nitrogens with one attached hydrogen (secondary N) is 1. The van der Waals surface area contributed by atoms with Crippen LogP contribution < -0.4 is 5.32 Å². The van der Waals surface area contributed by atoms with Gasteiger partial charge >= 0.3 is 0 Å². The fourth-order valence-corrected chi connectivity index (χ4v) is 2.39. The van der Waals surface area contributed by atoms with E-state index in [-0.39, 0.29) is 23.8 Å². The molecular weight excluding hydrogens is 260 g/mol. The number of likely N-dealkylation sites (N-methyl/N-ethyl adjacent to an activating group) is 1. The van der Waals surface area contributed by atoms with E-state index >= 15 is 0 Å². The lowest BCUT2D eigenvalue weighted by Gasteiger charge is -2.16. The summed E-state index contributed by atoms with van der Waals surface area (Å²) < 4.78 is 48.6. The van der Waals surface area contributed by atoms with E-state index in [1.165, 1.54) is 12.1 Å². The van der Waals surface area contributed by atoms with Crippen molar-refractivity contribution in [1.82, 2.24) is 5.32 Å². The van der Waals surface area contributed by atoms with Crippen LogP contribution in [0.4, 0.5) is 8.78 Å². The van der Waals surface area contributed by atoms with E-state index in [0.717, 1.165) is 12.3 Å². The zero-order valence-electron chi connectivity index (χ0n) is 10.4. The highest BCUT2D eigenvalue weighted by molar-refractivity contribution is 7.90. The summed E-state index contributed by atoms with van der Waals surface area (Å²) in [7, 11) is -1.38. The predicted molar refractivity (Wildman–Crippen MR) is 67.2 cm³/mol. The molecule has 1 atom stereocenters. The maximum absolute atomic E-state index is 13.5. The van der Waals surface area contributed by atoms with Crippen molar-refractivity contribution in [2.45, 2.75) is 18.9 Å². The molecule has 0 fully saturated rings. The third-order valence-electron chi connectivity index (χ3n) is 2.74. The van der Waals surface area contributed by atoms with Gasteiger partial charge in [-0.3, -0.25) is 0 Å².